The molecule has 1 N–H and O–H groups in total. The third-order valence-electron chi connectivity index (χ3n) is 1.76. The molecule has 0 unspecified atom stereocenters. The van der Waals surface area contributed by atoms with Crippen molar-refractivity contribution in [2.24, 2.45) is 0 Å². The highest BCUT2D eigenvalue weighted by atomic mass is 79.9. The van der Waals surface area contributed by atoms with Crippen LogP contribution in [0.5, 0.6) is 17.2 Å². The van der Waals surface area contributed by atoms with Crippen LogP contribution in [0.4, 0.5) is 0 Å². The van der Waals surface area contributed by atoms with Gasteiger partial charge in [0.25, 0.3) is 0 Å². The van der Waals surface area contributed by atoms with Crippen LogP contribution in [0.25, 0.3) is 0 Å². The summed E-state index contributed by atoms with van der Waals surface area (Å²) in [5, 5.41) is 9.67. The lowest BCUT2D eigenvalue weighted by Crippen LogP contribution is -1.93. The predicted molar refractivity (Wildman–Crippen MR) is 60.7 cm³/mol. The molecule has 0 aliphatic heterocycles. The van der Waals surface area contributed by atoms with Gasteiger partial charge in [0.05, 0.1) is 23.6 Å². The second-order valence-corrected chi connectivity index (χ2v) is 4.18. The van der Waals surface area contributed by atoms with Crippen molar-refractivity contribution in [3.63, 3.8) is 0 Å². The molecule has 3 nitrogen and oxygen atoms in total. The second-order valence-electron chi connectivity index (χ2n) is 2.48. The SMILES string of the molecule is COc1c(SC)cc(Br)c(O)c1OC. The van der Waals surface area contributed by atoms with Gasteiger partial charge in [0.2, 0.25) is 5.75 Å². The molecule has 0 radical (unpaired) electrons. The first-order chi connectivity index (χ1) is 6.65. The Hall–Kier alpha value is -0.550. The van der Waals surface area contributed by atoms with Gasteiger partial charge < -0.3 is 14.6 Å². The van der Waals surface area contributed by atoms with E-state index in [1.807, 2.05) is 6.26 Å². The lowest BCUT2D eigenvalue weighted by atomic mass is 10.3. The van der Waals surface area contributed by atoms with Gasteiger partial charge in [-0.15, -0.1) is 11.8 Å². The molecule has 1 aromatic carbocycles. The summed E-state index contributed by atoms with van der Waals surface area (Å²) < 4.78 is 10.8. The first-order valence-electron chi connectivity index (χ1n) is 3.83. The van der Waals surface area contributed by atoms with Crippen LogP contribution in [0, 0.1) is 0 Å². The van der Waals surface area contributed by atoms with E-state index in [-0.39, 0.29) is 5.75 Å². The minimum absolute atomic E-state index is 0.0575. The molecule has 0 fully saturated rings. The zero-order chi connectivity index (χ0) is 10.7. The Morgan fingerprint density at radius 3 is 2.29 bits per heavy atom. The summed E-state index contributed by atoms with van der Waals surface area (Å²) in [7, 11) is 3.04. The number of benzene rings is 1. The van der Waals surface area contributed by atoms with E-state index >= 15 is 0 Å². The standard InChI is InChI=1S/C9H11BrO3S/c1-12-8-6(14-3)4-5(10)7(11)9(8)13-2/h4,11H,1-3H3. The van der Waals surface area contributed by atoms with Crippen LogP contribution in [-0.4, -0.2) is 25.6 Å². The number of ether oxygens (including phenoxy) is 2. The molecule has 78 valence electrons. The Labute approximate surface area is 95.5 Å². The maximum absolute atomic E-state index is 9.67. The van der Waals surface area contributed by atoms with E-state index in [0.29, 0.717) is 16.0 Å². The fraction of sp³-hybridized carbons (Fsp3) is 0.333. The van der Waals surface area contributed by atoms with Gasteiger partial charge in [-0.1, -0.05) is 0 Å². The van der Waals surface area contributed by atoms with Gasteiger partial charge in [-0.25, -0.2) is 0 Å². The third kappa shape index (κ3) is 1.93. The van der Waals surface area contributed by atoms with Gasteiger partial charge in [0.15, 0.2) is 11.5 Å². The van der Waals surface area contributed by atoms with Gasteiger partial charge >= 0.3 is 0 Å². The van der Waals surface area contributed by atoms with E-state index in [9.17, 15) is 5.11 Å². The number of methoxy groups -OCH3 is 2. The molecule has 0 saturated carbocycles. The zero-order valence-corrected chi connectivity index (χ0v) is 10.5. The highest BCUT2D eigenvalue weighted by Crippen LogP contribution is 2.47. The number of thioether (sulfide) groups is 1. The minimum Gasteiger partial charge on any atom is -0.503 e. The van der Waals surface area contributed by atoms with Gasteiger partial charge in [-0.3, -0.25) is 0 Å². The molecule has 0 aromatic heterocycles. The number of phenols is 1. The van der Waals surface area contributed by atoms with E-state index in [1.165, 1.54) is 18.9 Å². The van der Waals surface area contributed by atoms with Crippen molar-refractivity contribution < 1.29 is 14.6 Å². The molecule has 0 saturated heterocycles. The molecular formula is C9H11BrO3S. The van der Waals surface area contributed by atoms with Crippen molar-refractivity contribution >= 4 is 27.7 Å². The van der Waals surface area contributed by atoms with Crippen LogP contribution in [-0.2, 0) is 0 Å². The van der Waals surface area contributed by atoms with Crippen LogP contribution in [0.3, 0.4) is 0 Å². The second kappa shape index (κ2) is 4.79. The average molecular weight is 279 g/mol. The highest BCUT2D eigenvalue weighted by molar-refractivity contribution is 9.10. The van der Waals surface area contributed by atoms with Crippen LogP contribution in [0.2, 0.25) is 0 Å². The first-order valence-corrected chi connectivity index (χ1v) is 5.84. The summed E-state index contributed by atoms with van der Waals surface area (Å²) in [4.78, 5) is 0.911. The normalized spacial score (nSPS) is 10.0. The first kappa shape index (κ1) is 11.5. The topological polar surface area (TPSA) is 38.7 Å². The molecule has 1 aromatic rings. The molecule has 0 atom stereocenters. The van der Waals surface area contributed by atoms with Crippen LogP contribution < -0.4 is 9.47 Å². The van der Waals surface area contributed by atoms with Gasteiger partial charge in [-0.2, -0.15) is 0 Å². The summed E-state index contributed by atoms with van der Waals surface area (Å²) >= 11 is 4.77. The van der Waals surface area contributed by atoms with Crippen LogP contribution >= 0.6 is 27.7 Å². The number of hydrogen-bond donors (Lipinski definition) is 1. The van der Waals surface area contributed by atoms with E-state index in [2.05, 4.69) is 15.9 Å². The zero-order valence-electron chi connectivity index (χ0n) is 8.13. The summed E-state index contributed by atoms with van der Waals surface area (Å²) in [6, 6.07) is 1.79. The van der Waals surface area contributed by atoms with Crippen molar-refractivity contribution in [2.45, 2.75) is 4.90 Å². The fourth-order valence-corrected chi connectivity index (χ4v) is 2.27. The molecule has 0 aliphatic rings. The molecule has 14 heavy (non-hydrogen) atoms. The molecule has 0 amide bonds. The summed E-state index contributed by atoms with van der Waals surface area (Å²) in [6.45, 7) is 0. The number of aromatic hydroxyl groups is 1. The summed E-state index contributed by atoms with van der Waals surface area (Å²) in [6.07, 6.45) is 1.93. The van der Waals surface area contributed by atoms with Crippen molar-refractivity contribution in [1.29, 1.82) is 0 Å². The molecule has 0 heterocycles. The van der Waals surface area contributed by atoms with Gasteiger partial charge in [0, 0.05) is 0 Å². The number of hydrogen-bond acceptors (Lipinski definition) is 4. The minimum atomic E-state index is 0.0575. The molecule has 1 rings (SSSR count). The average Bonchev–Trinajstić information content (AvgIpc) is 2.20. The van der Waals surface area contributed by atoms with E-state index in [0.717, 1.165) is 4.90 Å². The Balaban J connectivity index is 3.42. The summed E-state index contributed by atoms with van der Waals surface area (Å²) in [5.74, 6) is 0.967. The van der Waals surface area contributed by atoms with E-state index in [4.69, 9.17) is 9.47 Å². The monoisotopic (exact) mass is 278 g/mol. The quantitative estimate of drug-likeness (QED) is 0.863. The molecular weight excluding hydrogens is 268 g/mol. The Bertz CT molecular complexity index is 341. The fourth-order valence-electron chi connectivity index (χ4n) is 1.11. The lowest BCUT2D eigenvalue weighted by Gasteiger charge is -2.13. The largest absolute Gasteiger partial charge is 0.503 e. The number of phenolic OH excluding ortho intramolecular Hbond substituents is 1. The Morgan fingerprint density at radius 1 is 1.29 bits per heavy atom. The van der Waals surface area contributed by atoms with Crippen LogP contribution in [0.1, 0.15) is 0 Å². The number of halogens is 1. The lowest BCUT2D eigenvalue weighted by molar-refractivity contribution is 0.326. The third-order valence-corrected chi connectivity index (χ3v) is 3.10. The molecule has 0 aliphatic carbocycles. The van der Waals surface area contributed by atoms with Crippen molar-refractivity contribution in [2.75, 3.05) is 20.5 Å². The molecule has 0 spiro atoms. The Morgan fingerprint density at radius 2 is 1.86 bits per heavy atom. The molecule has 5 heteroatoms. The van der Waals surface area contributed by atoms with Crippen molar-refractivity contribution in [1.82, 2.24) is 0 Å². The maximum Gasteiger partial charge on any atom is 0.205 e. The van der Waals surface area contributed by atoms with Crippen molar-refractivity contribution in [3.8, 4) is 17.2 Å². The predicted octanol–water partition coefficient (Wildman–Crippen LogP) is 2.89. The van der Waals surface area contributed by atoms with Crippen LogP contribution in [0.15, 0.2) is 15.4 Å². The Kier molecular flexibility index (Phi) is 3.95. The molecule has 0 bridgehead atoms. The highest BCUT2D eigenvalue weighted by Gasteiger charge is 2.17. The van der Waals surface area contributed by atoms with Gasteiger partial charge in [-0.05, 0) is 28.3 Å². The number of rotatable bonds is 3. The smallest absolute Gasteiger partial charge is 0.205 e. The maximum atomic E-state index is 9.67. The van der Waals surface area contributed by atoms with E-state index < -0.39 is 0 Å². The van der Waals surface area contributed by atoms with Crippen molar-refractivity contribution in [3.05, 3.63) is 10.5 Å². The van der Waals surface area contributed by atoms with E-state index in [1.54, 1.807) is 13.2 Å². The van der Waals surface area contributed by atoms with Gasteiger partial charge in [0.1, 0.15) is 0 Å². The summed E-state index contributed by atoms with van der Waals surface area (Å²) in [5.41, 5.74) is 0.